The molecule has 2 rings (SSSR count). The van der Waals surface area contributed by atoms with Gasteiger partial charge in [-0.2, -0.15) is 8.42 Å². The minimum Gasteiger partial charge on any atom is -0.358 e. The van der Waals surface area contributed by atoms with E-state index in [-0.39, 0.29) is 17.0 Å². The zero-order chi connectivity index (χ0) is 17.0. The lowest BCUT2D eigenvalue weighted by molar-refractivity contribution is 0.232. The maximum atomic E-state index is 13.0. The molecule has 1 aromatic carbocycles. The van der Waals surface area contributed by atoms with E-state index in [4.69, 9.17) is 5.53 Å². The molecule has 0 saturated carbocycles. The van der Waals surface area contributed by atoms with Crippen molar-refractivity contribution in [1.82, 2.24) is 10.2 Å². The molecule has 1 aliphatic heterocycles. The number of hydrogen-bond donors (Lipinski definition) is 1. The smallest absolute Gasteiger partial charge is 0.358 e. The lowest BCUT2D eigenvalue weighted by Crippen LogP contribution is -2.43. The van der Waals surface area contributed by atoms with E-state index in [2.05, 4.69) is 24.4 Å². The highest BCUT2D eigenvalue weighted by molar-refractivity contribution is 7.81. The normalized spacial score (nSPS) is 16.0. The maximum absolute atomic E-state index is 13.0. The third kappa shape index (κ3) is 4.55. The van der Waals surface area contributed by atoms with Crippen molar-refractivity contribution < 1.29 is 16.5 Å². The summed E-state index contributed by atoms with van der Waals surface area (Å²) in [5, 5.41) is 6.78. The van der Waals surface area contributed by atoms with Crippen molar-refractivity contribution in [3.05, 3.63) is 33.2 Å². The standard InChI is InChI=1S/C13H18FN5O3S/c1-9-11(8-19-5-3-16-4-6-19)7-12(17-18-15)10(2)13(9)22-23(14,20)21/h7,16H,3-6,8H2,1-2H3. The van der Waals surface area contributed by atoms with Crippen molar-refractivity contribution >= 4 is 16.2 Å². The Labute approximate surface area is 134 Å². The summed E-state index contributed by atoms with van der Waals surface area (Å²) in [4.78, 5) is 4.89. The van der Waals surface area contributed by atoms with Crippen LogP contribution in [0.25, 0.3) is 10.4 Å². The molecule has 8 nitrogen and oxygen atoms in total. The van der Waals surface area contributed by atoms with Gasteiger partial charge in [0.2, 0.25) is 0 Å². The molecular formula is C13H18FN5O3S. The molecule has 0 amide bonds. The number of halogens is 1. The van der Waals surface area contributed by atoms with Crippen LogP contribution in [0.2, 0.25) is 0 Å². The summed E-state index contributed by atoms with van der Waals surface area (Å²) in [6.07, 6.45) is 0. The van der Waals surface area contributed by atoms with Crippen LogP contribution in [0.1, 0.15) is 16.7 Å². The first-order valence-electron chi connectivity index (χ1n) is 7.07. The van der Waals surface area contributed by atoms with Gasteiger partial charge in [-0.1, -0.05) is 9.00 Å². The fourth-order valence-electron chi connectivity index (χ4n) is 2.58. The van der Waals surface area contributed by atoms with Crippen LogP contribution in [-0.2, 0) is 17.0 Å². The Balaban J connectivity index is 2.45. The van der Waals surface area contributed by atoms with E-state index in [0.29, 0.717) is 12.1 Å². The number of rotatable bonds is 5. The molecule has 0 spiro atoms. The maximum Gasteiger partial charge on any atom is 0.488 e. The predicted molar refractivity (Wildman–Crippen MR) is 83.5 cm³/mol. The minimum absolute atomic E-state index is 0.123. The Morgan fingerprint density at radius 2 is 2.04 bits per heavy atom. The van der Waals surface area contributed by atoms with Crippen molar-refractivity contribution in [2.75, 3.05) is 26.2 Å². The molecule has 1 saturated heterocycles. The molecule has 0 radical (unpaired) electrons. The first-order valence-corrected chi connectivity index (χ1v) is 8.38. The summed E-state index contributed by atoms with van der Waals surface area (Å²) in [6.45, 7) is 7.09. The van der Waals surface area contributed by atoms with Crippen LogP contribution >= 0.6 is 0 Å². The first kappa shape index (κ1) is 17.5. The van der Waals surface area contributed by atoms with Gasteiger partial charge in [0.05, 0.1) is 0 Å². The third-order valence-corrected chi connectivity index (χ3v) is 4.16. The van der Waals surface area contributed by atoms with Gasteiger partial charge in [0.1, 0.15) is 0 Å². The van der Waals surface area contributed by atoms with Gasteiger partial charge in [0.15, 0.2) is 5.75 Å². The highest BCUT2D eigenvalue weighted by atomic mass is 32.3. The van der Waals surface area contributed by atoms with Gasteiger partial charge in [0, 0.05) is 48.9 Å². The number of hydrogen-bond acceptors (Lipinski definition) is 6. The Hall–Kier alpha value is -1.87. The van der Waals surface area contributed by atoms with E-state index < -0.39 is 10.5 Å². The largest absolute Gasteiger partial charge is 0.488 e. The van der Waals surface area contributed by atoms with Crippen molar-refractivity contribution in [3.63, 3.8) is 0 Å². The van der Waals surface area contributed by atoms with Gasteiger partial charge in [-0.3, -0.25) is 4.90 Å². The average molecular weight is 343 g/mol. The van der Waals surface area contributed by atoms with Gasteiger partial charge in [-0.25, -0.2) is 0 Å². The zero-order valence-electron chi connectivity index (χ0n) is 12.9. The van der Waals surface area contributed by atoms with E-state index in [0.717, 1.165) is 31.7 Å². The van der Waals surface area contributed by atoms with Gasteiger partial charge >= 0.3 is 10.5 Å². The van der Waals surface area contributed by atoms with Crippen molar-refractivity contribution in [1.29, 1.82) is 0 Å². The predicted octanol–water partition coefficient (Wildman–Crippen LogP) is 2.24. The molecule has 1 fully saturated rings. The summed E-state index contributed by atoms with van der Waals surface area (Å²) in [5.41, 5.74) is 10.4. The molecule has 0 bridgehead atoms. The second-order valence-corrected chi connectivity index (χ2v) is 6.28. The highest BCUT2D eigenvalue weighted by Crippen LogP contribution is 2.36. The zero-order valence-corrected chi connectivity index (χ0v) is 13.7. The number of azide groups is 1. The minimum atomic E-state index is -5.16. The quantitative estimate of drug-likeness (QED) is 0.382. The topological polar surface area (TPSA) is 107 Å². The molecule has 1 aliphatic rings. The molecule has 1 heterocycles. The van der Waals surface area contributed by atoms with Crippen molar-refractivity contribution in [3.8, 4) is 5.75 Å². The Bertz CT molecular complexity index is 740. The Morgan fingerprint density at radius 1 is 1.39 bits per heavy atom. The summed E-state index contributed by atoms with van der Waals surface area (Å²) in [7, 11) is -5.16. The molecular weight excluding hydrogens is 325 g/mol. The lowest BCUT2D eigenvalue weighted by Gasteiger charge is -2.28. The van der Waals surface area contributed by atoms with E-state index in [1.807, 2.05) is 0 Å². The number of nitrogens with zero attached hydrogens (tertiary/aromatic N) is 4. The van der Waals surface area contributed by atoms with Crippen molar-refractivity contribution in [2.45, 2.75) is 20.4 Å². The van der Waals surface area contributed by atoms with Gasteiger partial charge in [0.25, 0.3) is 0 Å². The second-order valence-electron chi connectivity index (χ2n) is 5.33. The van der Waals surface area contributed by atoms with Gasteiger partial charge < -0.3 is 9.50 Å². The van der Waals surface area contributed by atoms with Gasteiger partial charge in [-0.15, -0.1) is 0 Å². The molecule has 1 aromatic rings. The highest BCUT2D eigenvalue weighted by Gasteiger charge is 2.21. The van der Waals surface area contributed by atoms with Crippen LogP contribution in [0, 0.1) is 13.8 Å². The van der Waals surface area contributed by atoms with Crippen LogP contribution in [0.15, 0.2) is 11.2 Å². The molecule has 0 aromatic heterocycles. The first-order chi connectivity index (χ1) is 10.8. The summed E-state index contributed by atoms with van der Waals surface area (Å²) < 4.78 is 39.2. The molecule has 0 atom stereocenters. The molecule has 23 heavy (non-hydrogen) atoms. The third-order valence-electron chi connectivity index (χ3n) is 3.80. The fraction of sp³-hybridized carbons (Fsp3) is 0.538. The van der Waals surface area contributed by atoms with Crippen LogP contribution in [0.4, 0.5) is 9.57 Å². The van der Waals surface area contributed by atoms with Crippen LogP contribution < -0.4 is 9.50 Å². The van der Waals surface area contributed by atoms with Crippen LogP contribution in [-0.4, -0.2) is 39.5 Å². The second kappa shape index (κ2) is 7.14. The van der Waals surface area contributed by atoms with E-state index in [1.165, 1.54) is 6.92 Å². The number of piperazine rings is 1. The summed E-state index contributed by atoms with van der Waals surface area (Å²) in [5.74, 6) is -0.123. The number of benzene rings is 1. The molecule has 0 aliphatic carbocycles. The average Bonchev–Trinajstić information content (AvgIpc) is 2.49. The molecule has 1 N–H and O–H groups in total. The number of nitrogens with one attached hydrogen (secondary N) is 1. The fourth-order valence-corrected chi connectivity index (χ4v) is 3.02. The summed E-state index contributed by atoms with van der Waals surface area (Å²) >= 11 is 0. The molecule has 10 heteroatoms. The monoisotopic (exact) mass is 343 g/mol. The summed E-state index contributed by atoms with van der Waals surface area (Å²) in [6, 6.07) is 1.68. The molecule has 0 unspecified atom stereocenters. The van der Waals surface area contributed by atoms with Crippen LogP contribution in [0.5, 0.6) is 5.75 Å². The lowest BCUT2D eigenvalue weighted by atomic mass is 10.0. The van der Waals surface area contributed by atoms with E-state index in [1.54, 1.807) is 13.0 Å². The SMILES string of the molecule is Cc1c(CN2CCNCC2)cc(N=[N+]=[N-])c(C)c1OS(=O)(=O)F. The Morgan fingerprint density at radius 3 is 2.61 bits per heavy atom. The van der Waals surface area contributed by atoms with E-state index in [9.17, 15) is 12.3 Å². The van der Waals surface area contributed by atoms with Crippen molar-refractivity contribution in [2.24, 2.45) is 5.11 Å². The van der Waals surface area contributed by atoms with E-state index >= 15 is 0 Å². The van der Waals surface area contributed by atoms with Gasteiger partial charge in [-0.05, 0) is 36.6 Å². The molecule has 126 valence electrons. The Kier molecular flexibility index (Phi) is 5.42. The van der Waals surface area contributed by atoms with Crippen LogP contribution in [0.3, 0.4) is 0 Å².